The van der Waals surface area contributed by atoms with Gasteiger partial charge in [0.05, 0.1) is 0 Å². The van der Waals surface area contributed by atoms with Gasteiger partial charge in [0, 0.05) is 18.0 Å². The molecule has 1 heterocycles. The third-order valence-corrected chi connectivity index (χ3v) is 6.19. The molecule has 1 fully saturated rings. The van der Waals surface area contributed by atoms with Crippen molar-refractivity contribution >= 4 is 6.21 Å². The van der Waals surface area contributed by atoms with Crippen molar-refractivity contribution in [3.63, 3.8) is 0 Å². The Morgan fingerprint density at radius 1 is 1.16 bits per heavy atom. The fourth-order valence-electron chi connectivity index (χ4n) is 4.51. The van der Waals surface area contributed by atoms with Crippen molar-refractivity contribution < 1.29 is 4.59 Å². The number of hydrogen-bond donors (Lipinski definition) is 1. The van der Waals surface area contributed by atoms with Crippen LogP contribution in [0.3, 0.4) is 0 Å². The Kier molecular flexibility index (Phi) is 5.63. The highest BCUT2D eigenvalue weighted by atomic mass is 15.6. The number of benzene rings is 1. The largest absolute Gasteiger partial charge is 0.377 e. The predicted molar refractivity (Wildman–Crippen MR) is 106 cm³/mol. The molecular formula is C22H34N3+. The van der Waals surface area contributed by atoms with Crippen molar-refractivity contribution in [2.45, 2.75) is 78.3 Å². The van der Waals surface area contributed by atoms with Gasteiger partial charge in [-0.25, -0.2) is 0 Å². The summed E-state index contributed by atoms with van der Waals surface area (Å²) >= 11 is 0. The number of nitrogens with zero attached hydrogens (tertiary/aromatic N) is 2. The maximum Gasteiger partial charge on any atom is 0.148 e. The summed E-state index contributed by atoms with van der Waals surface area (Å²) in [6.45, 7) is 9.99. The third kappa shape index (κ3) is 3.67. The van der Waals surface area contributed by atoms with Gasteiger partial charge in [0.2, 0.25) is 0 Å². The normalized spacial score (nSPS) is 25.0. The minimum atomic E-state index is 0.381. The molecule has 1 aliphatic heterocycles. The van der Waals surface area contributed by atoms with E-state index in [2.05, 4.69) is 63.6 Å². The number of hydrogen-bond acceptors (Lipinski definition) is 2. The molecule has 1 aromatic rings. The van der Waals surface area contributed by atoms with Gasteiger partial charge in [0.25, 0.3) is 0 Å². The van der Waals surface area contributed by atoms with E-state index in [-0.39, 0.29) is 0 Å². The summed E-state index contributed by atoms with van der Waals surface area (Å²) in [5.41, 5.74) is 5.45. The van der Waals surface area contributed by atoms with Gasteiger partial charge in [-0.15, -0.1) is 0 Å². The van der Waals surface area contributed by atoms with Gasteiger partial charge in [-0.2, -0.15) is 4.59 Å². The molecule has 1 aromatic carbocycles. The van der Waals surface area contributed by atoms with Gasteiger partial charge in [-0.1, -0.05) is 49.5 Å². The fourth-order valence-corrected chi connectivity index (χ4v) is 4.51. The Hall–Kier alpha value is -1.61. The molecule has 0 amide bonds. The Morgan fingerprint density at radius 3 is 2.60 bits per heavy atom. The first kappa shape index (κ1) is 18.2. The van der Waals surface area contributed by atoms with Gasteiger partial charge in [-0.05, 0) is 44.7 Å². The summed E-state index contributed by atoms with van der Waals surface area (Å²) in [4.78, 5) is 0. The molecule has 2 aliphatic rings. The third-order valence-electron chi connectivity index (χ3n) is 6.19. The first-order valence-corrected chi connectivity index (χ1v) is 10.1. The average molecular weight is 341 g/mol. The predicted octanol–water partition coefficient (Wildman–Crippen LogP) is 5.35. The molecule has 1 saturated carbocycles. The van der Waals surface area contributed by atoms with Gasteiger partial charge < -0.3 is 5.32 Å². The minimum Gasteiger partial charge on any atom is -0.377 e. The van der Waals surface area contributed by atoms with E-state index in [0.717, 1.165) is 13.0 Å². The van der Waals surface area contributed by atoms with Crippen LogP contribution in [0.5, 0.6) is 0 Å². The van der Waals surface area contributed by atoms with Crippen molar-refractivity contribution in [1.29, 1.82) is 0 Å². The molecule has 25 heavy (non-hydrogen) atoms. The molecule has 2 unspecified atom stereocenters. The quantitative estimate of drug-likeness (QED) is 0.693. The topological polar surface area (TPSA) is 24.4 Å². The fraction of sp³-hybridized carbons (Fsp3) is 0.591. The van der Waals surface area contributed by atoms with Crippen LogP contribution in [0.15, 0.2) is 35.2 Å². The van der Waals surface area contributed by atoms with Crippen LogP contribution in [0.2, 0.25) is 0 Å². The van der Waals surface area contributed by atoms with Gasteiger partial charge in [0.15, 0.2) is 0 Å². The zero-order valence-electron chi connectivity index (χ0n) is 16.4. The number of rotatable bonds is 6. The smallest absolute Gasteiger partial charge is 0.148 e. The molecule has 136 valence electrons. The van der Waals surface area contributed by atoms with Crippen LogP contribution in [0, 0.1) is 13.8 Å². The maximum absolute atomic E-state index is 5.01. The Labute approximate surface area is 153 Å². The number of nitrogens with one attached hydrogen (secondary N) is 1. The van der Waals surface area contributed by atoms with Crippen LogP contribution >= 0.6 is 0 Å². The zero-order valence-corrected chi connectivity index (χ0v) is 16.4. The average Bonchev–Trinajstić information content (AvgIpc) is 3.04. The summed E-state index contributed by atoms with van der Waals surface area (Å²) in [6, 6.07) is 7.70. The molecular weight excluding hydrogens is 306 g/mol. The second-order valence-corrected chi connectivity index (χ2v) is 7.72. The zero-order chi connectivity index (χ0) is 17.9. The molecule has 1 N–H and O–H groups in total. The minimum absolute atomic E-state index is 0.381. The van der Waals surface area contributed by atoms with E-state index in [0.29, 0.717) is 16.7 Å². The van der Waals surface area contributed by atoms with Crippen LogP contribution in [0.4, 0.5) is 0 Å². The molecule has 0 aromatic heterocycles. The van der Waals surface area contributed by atoms with E-state index >= 15 is 0 Å². The van der Waals surface area contributed by atoms with E-state index in [1.807, 2.05) is 0 Å². The summed E-state index contributed by atoms with van der Waals surface area (Å²) in [5, 5.41) is 8.77. The van der Waals surface area contributed by atoms with Crippen LogP contribution in [-0.4, -0.2) is 23.4 Å². The molecule has 3 rings (SSSR count). The number of allylic oxidation sites excluding steroid dienone is 1. The summed E-state index contributed by atoms with van der Waals surface area (Å²) < 4.78 is 0.690. The van der Waals surface area contributed by atoms with Gasteiger partial charge in [0.1, 0.15) is 30.7 Å². The monoisotopic (exact) mass is 340 g/mol. The lowest BCUT2D eigenvalue weighted by molar-refractivity contribution is -0.913. The molecule has 0 bridgehead atoms. The van der Waals surface area contributed by atoms with E-state index in [1.165, 1.54) is 54.5 Å². The van der Waals surface area contributed by atoms with Crippen LogP contribution in [-0.2, 0) is 0 Å². The van der Waals surface area contributed by atoms with E-state index in [9.17, 15) is 0 Å². The maximum atomic E-state index is 5.01. The van der Waals surface area contributed by atoms with Crippen molar-refractivity contribution in [2.75, 3.05) is 6.54 Å². The van der Waals surface area contributed by atoms with Crippen molar-refractivity contribution in [1.82, 2.24) is 5.32 Å². The summed E-state index contributed by atoms with van der Waals surface area (Å²) in [5.74, 6) is 0. The second kappa shape index (κ2) is 7.74. The van der Waals surface area contributed by atoms with E-state index < -0.39 is 0 Å². The summed E-state index contributed by atoms with van der Waals surface area (Å²) in [7, 11) is 0. The lowest BCUT2D eigenvalue weighted by Gasteiger charge is -2.34. The van der Waals surface area contributed by atoms with Gasteiger partial charge in [-0.3, -0.25) is 0 Å². The number of quaternary nitrogens is 1. The Balaban J connectivity index is 1.86. The highest BCUT2D eigenvalue weighted by Crippen LogP contribution is 2.38. The van der Waals surface area contributed by atoms with Crippen molar-refractivity contribution in [3.8, 4) is 0 Å². The molecule has 2 atom stereocenters. The first-order chi connectivity index (χ1) is 12.1. The molecule has 0 radical (unpaired) electrons. The Bertz CT molecular complexity index is 655. The number of aryl methyl sites for hydroxylation is 1. The molecule has 3 nitrogen and oxygen atoms in total. The molecule has 3 heteroatoms. The van der Waals surface area contributed by atoms with Gasteiger partial charge >= 0.3 is 0 Å². The summed E-state index contributed by atoms with van der Waals surface area (Å²) in [6.07, 6.45) is 12.2. The van der Waals surface area contributed by atoms with Crippen molar-refractivity contribution in [3.05, 3.63) is 46.8 Å². The van der Waals surface area contributed by atoms with Crippen LogP contribution in [0.1, 0.15) is 75.1 Å². The standard InChI is InChI=1S/C22H34N3/c1-5-22(21-14-10-11-17(3)18(21)4)25(6-2)16-20(15-23-25)24-19-12-8-7-9-13-19/h10-11,14-16,19,22,24H,5-9,12-13H2,1-4H3/q+1. The van der Waals surface area contributed by atoms with Crippen LogP contribution in [0.25, 0.3) is 0 Å². The highest BCUT2D eigenvalue weighted by Gasteiger charge is 2.39. The lowest BCUT2D eigenvalue weighted by atomic mass is 9.94. The molecule has 1 aliphatic carbocycles. The van der Waals surface area contributed by atoms with E-state index in [1.54, 1.807) is 0 Å². The SMILES string of the molecule is CCC(c1cccc(C)c1C)[N+]1(CC)C=C(NC2CCCCC2)C=N1. The first-order valence-electron chi connectivity index (χ1n) is 10.1. The molecule has 0 saturated heterocycles. The van der Waals surface area contributed by atoms with Crippen molar-refractivity contribution in [2.24, 2.45) is 5.10 Å². The molecule has 0 spiro atoms. The Morgan fingerprint density at radius 2 is 1.92 bits per heavy atom. The lowest BCUT2D eigenvalue weighted by Crippen LogP contribution is -2.40. The highest BCUT2D eigenvalue weighted by molar-refractivity contribution is 5.78. The van der Waals surface area contributed by atoms with Crippen LogP contribution < -0.4 is 5.32 Å². The van der Waals surface area contributed by atoms with E-state index in [4.69, 9.17) is 5.10 Å². The second-order valence-electron chi connectivity index (χ2n) is 7.72.